The third-order valence-electron chi connectivity index (χ3n) is 6.27. The van der Waals surface area contributed by atoms with E-state index in [0.717, 1.165) is 18.4 Å². The van der Waals surface area contributed by atoms with E-state index in [9.17, 15) is 14.7 Å². The lowest BCUT2D eigenvalue weighted by Gasteiger charge is -2.34. The summed E-state index contributed by atoms with van der Waals surface area (Å²) in [5.41, 5.74) is 1.30. The van der Waals surface area contributed by atoms with Crippen LogP contribution in [0.4, 0.5) is 0 Å². The molecule has 1 saturated carbocycles. The van der Waals surface area contributed by atoms with Crippen molar-refractivity contribution >= 4 is 23.4 Å². The van der Waals surface area contributed by atoms with Crippen molar-refractivity contribution in [2.24, 2.45) is 0 Å². The van der Waals surface area contributed by atoms with E-state index in [-0.39, 0.29) is 23.3 Å². The molecule has 6 heteroatoms. The first-order valence-corrected chi connectivity index (χ1v) is 10.7. The van der Waals surface area contributed by atoms with Crippen molar-refractivity contribution in [3.8, 4) is 0 Å². The minimum Gasteiger partial charge on any atom is -0.391 e. The Morgan fingerprint density at radius 1 is 1.10 bits per heavy atom. The van der Waals surface area contributed by atoms with E-state index in [1.54, 1.807) is 36.2 Å². The smallest absolute Gasteiger partial charge is 0.255 e. The molecule has 2 amide bonds. The van der Waals surface area contributed by atoms with Crippen molar-refractivity contribution in [2.45, 2.75) is 50.2 Å². The molecule has 1 fully saturated rings. The zero-order valence-corrected chi connectivity index (χ0v) is 18.2. The van der Waals surface area contributed by atoms with Crippen LogP contribution in [0, 0.1) is 0 Å². The van der Waals surface area contributed by atoms with Gasteiger partial charge in [0.25, 0.3) is 5.91 Å². The summed E-state index contributed by atoms with van der Waals surface area (Å²) in [6, 6.07) is 16.8. The van der Waals surface area contributed by atoms with Crippen LogP contribution in [-0.4, -0.2) is 47.6 Å². The quantitative estimate of drug-likeness (QED) is 0.712. The highest BCUT2D eigenvalue weighted by molar-refractivity contribution is 6.33. The number of carbonyl (C=O) groups excluding carboxylic acids is 2. The Morgan fingerprint density at radius 3 is 2.40 bits per heavy atom. The maximum atomic E-state index is 13.0. The van der Waals surface area contributed by atoms with Gasteiger partial charge in [-0.05, 0) is 43.4 Å². The van der Waals surface area contributed by atoms with E-state index in [1.807, 2.05) is 18.2 Å². The lowest BCUT2D eigenvalue weighted by atomic mass is 9.74. The molecule has 30 heavy (non-hydrogen) atoms. The van der Waals surface area contributed by atoms with Gasteiger partial charge in [-0.2, -0.15) is 0 Å². The van der Waals surface area contributed by atoms with Gasteiger partial charge in [-0.1, -0.05) is 54.1 Å². The van der Waals surface area contributed by atoms with Crippen LogP contribution in [0.5, 0.6) is 0 Å². The third kappa shape index (κ3) is 4.85. The fourth-order valence-electron chi connectivity index (χ4n) is 4.44. The standard InChI is InChI=1S/C24H29ClN2O3/c1-17(28)26-16-24(18-8-4-3-5-9-18)14-12-21(22(29)13-15-24)27(2)23(30)19-10-6-7-11-20(19)25/h3-11,21-22,29H,12-16H2,1-2H3,(H,26,28)/t21-,22-,24-/m1/s1. The highest BCUT2D eigenvalue weighted by Gasteiger charge is 2.40. The summed E-state index contributed by atoms with van der Waals surface area (Å²) in [4.78, 5) is 26.3. The van der Waals surface area contributed by atoms with Crippen LogP contribution in [0.1, 0.15) is 48.5 Å². The van der Waals surface area contributed by atoms with Gasteiger partial charge in [-0.3, -0.25) is 9.59 Å². The van der Waals surface area contributed by atoms with Crippen LogP contribution in [0.15, 0.2) is 54.6 Å². The summed E-state index contributed by atoms with van der Waals surface area (Å²) in [5, 5.41) is 14.3. The summed E-state index contributed by atoms with van der Waals surface area (Å²) in [6.45, 7) is 2.02. The minimum absolute atomic E-state index is 0.0716. The van der Waals surface area contributed by atoms with Gasteiger partial charge in [0, 0.05) is 25.9 Å². The molecule has 3 rings (SSSR count). The van der Waals surface area contributed by atoms with Gasteiger partial charge < -0.3 is 15.3 Å². The van der Waals surface area contributed by atoms with Crippen molar-refractivity contribution in [3.05, 3.63) is 70.7 Å². The maximum absolute atomic E-state index is 13.0. The van der Waals surface area contributed by atoms with Crippen LogP contribution in [0.25, 0.3) is 0 Å². The normalized spacial score (nSPS) is 24.0. The Bertz CT molecular complexity index is 889. The van der Waals surface area contributed by atoms with Gasteiger partial charge in [0.1, 0.15) is 0 Å². The van der Waals surface area contributed by atoms with Gasteiger partial charge in [0.05, 0.1) is 22.7 Å². The average Bonchev–Trinajstić information content (AvgIpc) is 2.92. The summed E-state index contributed by atoms with van der Waals surface area (Å²) in [7, 11) is 1.73. The Labute approximate surface area is 183 Å². The van der Waals surface area contributed by atoms with Crippen molar-refractivity contribution in [1.29, 1.82) is 0 Å². The molecule has 0 heterocycles. The average molecular weight is 429 g/mol. The van der Waals surface area contributed by atoms with Crippen molar-refractivity contribution in [3.63, 3.8) is 0 Å². The highest BCUT2D eigenvalue weighted by atomic mass is 35.5. The SMILES string of the molecule is CC(=O)NC[C@]1(c2ccccc2)CC[C@@H](O)[C@H](N(C)C(=O)c2ccccc2Cl)CC1. The number of hydrogen-bond donors (Lipinski definition) is 2. The van der Waals surface area contributed by atoms with E-state index in [2.05, 4.69) is 17.4 Å². The van der Waals surface area contributed by atoms with E-state index >= 15 is 0 Å². The Balaban J connectivity index is 1.84. The fourth-order valence-corrected chi connectivity index (χ4v) is 4.65. The number of likely N-dealkylation sites (N-methyl/N-ethyl adjacent to an activating group) is 1. The molecule has 2 aromatic carbocycles. The number of halogens is 1. The third-order valence-corrected chi connectivity index (χ3v) is 6.60. The maximum Gasteiger partial charge on any atom is 0.255 e. The predicted octanol–water partition coefficient (Wildman–Crippen LogP) is 3.79. The molecule has 0 radical (unpaired) electrons. The fraction of sp³-hybridized carbons (Fsp3) is 0.417. The van der Waals surface area contributed by atoms with E-state index in [1.165, 1.54) is 6.92 Å². The number of aliphatic hydroxyl groups is 1. The second kappa shape index (κ2) is 9.63. The first-order valence-electron chi connectivity index (χ1n) is 10.3. The number of benzene rings is 2. The summed E-state index contributed by atoms with van der Waals surface area (Å²) >= 11 is 6.22. The molecule has 0 unspecified atom stereocenters. The Hall–Kier alpha value is -2.37. The topological polar surface area (TPSA) is 69.6 Å². The van der Waals surface area contributed by atoms with Crippen molar-refractivity contribution in [1.82, 2.24) is 10.2 Å². The number of nitrogens with one attached hydrogen (secondary N) is 1. The van der Waals surface area contributed by atoms with Crippen molar-refractivity contribution < 1.29 is 14.7 Å². The van der Waals surface area contributed by atoms with Crippen LogP contribution < -0.4 is 5.32 Å². The van der Waals surface area contributed by atoms with E-state index in [4.69, 9.17) is 11.6 Å². The molecule has 0 aromatic heterocycles. The summed E-state index contributed by atoms with van der Waals surface area (Å²) in [6.07, 6.45) is 1.99. The first kappa shape index (κ1) is 22.3. The number of aliphatic hydroxyl groups excluding tert-OH is 1. The van der Waals surface area contributed by atoms with E-state index < -0.39 is 6.10 Å². The number of amides is 2. The molecule has 2 aromatic rings. The summed E-state index contributed by atoms with van der Waals surface area (Å²) < 4.78 is 0. The number of rotatable bonds is 5. The minimum atomic E-state index is -0.649. The second-order valence-corrected chi connectivity index (χ2v) is 8.57. The van der Waals surface area contributed by atoms with Crippen molar-refractivity contribution in [2.75, 3.05) is 13.6 Å². The number of nitrogens with zero attached hydrogens (tertiary/aromatic N) is 1. The van der Waals surface area contributed by atoms with E-state index in [0.29, 0.717) is 30.0 Å². The molecule has 1 aliphatic carbocycles. The Morgan fingerprint density at radius 2 is 1.73 bits per heavy atom. The molecule has 0 bridgehead atoms. The largest absolute Gasteiger partial charge is 0.391 e. The number of carbonyl (C=O) groups is 2. The first-order chi connectivity index (χ1) is 14.3. The lowest BCUT2D eigenvalue weighted by molar-refractivity contribution is -0.119. The van der Waals surface area contributed by atoms with Gasteiger partial charge in [-0.25, -0.2) is 0 Å². The molecule has 2 N–H and O–H groups in total. The van der Waals surface area contributed by atoms with Gasteiger partial charge >= 0.3 is 0 Å². The molecular formula is C24H29ClN2O3. The van der Waals surface area contributed by atoms with Crippen LogP contribution in [0.3, 0.4) is 0 Å². The molecular weight excluding hydrogens is 400 g/mol. The van der Waals surface area contributed by atoms with Crippen LogP contribution >= 0.6 is 11.6 Å². The number of hydrogen-bond acceptors (Lipinski definition) is 3. The summed E-state index contributed by atoms with van der Waals surface area (Å²) in [5.74, 6) is -0.267. The predicted molar refractivity (Wildman–Crippen MR) is 119 cm³/mol. The highest BCUT2D eigenvalue weighted by Crippen LogP contribution is 2.39. The molecule has 0 saturated heterocycles. The molecule has 0 spiro atoms. The zero-order chi connectivity index (χ0) is 21.7. The van der Waals surface area contributed by atoms with Gasteiger partial charge in [-0.15, -0.1) is 0 Å². The molecule has 5 nitrogen and oxygen atoms in total. The second-order valence-electron chi connectivity index (χ2n) is 8.16. The van der Waals surface area contributed by atoms with Gasteiger partial charge in [0.15, 0.2) is 0 Å². The Kier molecular flexibility index (Phi) is 7.16. The van der Waals surface area contributed by atoms with Crippen LogP contribution in [0.2, 0.25) is 5.02 Å². The molecule has 0 aliphatic heterocycles. The molecule has 3 atom stereocenters. The monoisotopic (exact) mass is 428 g/mol. The van der Waals surface area contributed by atoms with Crippen LogP contribution in [-0.2, 0) is 10.2 Å². The van der Waals surface area contributed by atoms with Gasteiger partial charge in [0.2, 0.25) is 5.91 Å². The molecule has 160 valence electrons. The zero-order valence-electron chi connectivity index (χ0n) is 17.5. The molecule has 1 aliphatic rings. The lowest BCUT2D eigenvalue weighted by Crippen LogP contribution is -2.44.